The minimum atomic E-state index is 0.823. The molecule has 0 spiro atoms. The van der Waals surface area contributed by atoms with E-state index in [1.807, 2.05) is 0 Å². The van der Waals surface area contributed by atoms with Gasteiger partial charge in [-0.2, -0.15) is 0 Å². The molecule has 0 saturated carbocycles. The summed E-state index contributed by atoms with van der Waals surface area (Å²) in [5.41, 5.74) is 5.28. The minimum absolute atomic E-state index is 0.823. The van der Waals surface area contributed by atoms with Crippen molar-refractivity contribution in [3.05, 3.63) is 0 Å². The molecule has 82 valence electrons. The Morgan fingerprint density at radius 1 is 0.923 bits per heavy atom. The largest absolute Gasteiger partial charge is 0.330 e. The lowest BCUT2D eigenvalue weighted by molar-refractivity contribution is 0.561. The Hall–Kier alpha value is -0.0400. The van der Waals surface area contributed by atoms with Crippen molar-refractivity contribution in [1.29, 1.82) is 0 Å². The Labute approximate surface area is 85.1 Å². The fourth-order valence-corrected chi connectivity index (χ4v) is 1.10. The van der Waals surface area contributed by atoms with Gasteiger partial charge in [0.15, 0.2) is 0 Å². The Morgan fingerprint density at radius 2 is 1.38 bits per heavy atom. The summed E-state index contributed by atoms with van der Waals surface area (Å²) in [5, 5.41) is 0. The molecule has 0 rings (SSSR count). The van der Waals surface area contributed by atoms with Crippen LogP contribution in [0.2, 0.25) is 0 Å². The Bertz CT molecular complexity index is 77.2. The smallest absolute Gasteiger partial charge is 0.00772 e. The molecule has 0 aliphatic rings. The van der Waals surface area contributed by atoms with Crippen LogP contribution in [0.5, 0.6) is 0 Å². The summed E-state index contributed by atoms with van der Waals surface area (Å²) in [5.74, 6) is 1.72. The van der Waals surface area contributed by atoms with Crippen LogP contribution >= 0.6 is 0 Å². The van der Waals surface area contributed by atoms with Crippen LogP contribution in [0, 0.1) is 11.8 Å². The molecule has 2 N–H and O–H groups in total. The van der Waals surface area contributed by atoms with Crippen molar-refractivity contribution in [2.75, 3.05) is 6.54 Å². The van der Waals surface area contributed by atoms with Gasteiger partial charge in [-0.25, -0.2) is 0 Å². The van der Waals surface area contributed by atoms with Crippen LogP contribution in [0.3, 0.4) is 0 Å². The molecule has 0 aromatic carbocycles. The van der Waals surface area contributed by atoms with Gasteiger partial charge in [0.25, 0.3) is 0 Å². The monoisotopic (exact) mass is 187 g/mol. The van der Waals surface area contributed by atoms with Crippen LogP contribution in [-0.2, 0) is 0 Å². The van der Waals surface area contributed by atoms with Gasteiger partial charge in [-0.15, -0.1) is 0 Å². The zero-order chi connectivity index (χ0) is 10.7. The van der Waals surface area contributed by atoms with Crippen molar-refractivity contribution >= 4 is 0 Å². The molecule has 0 atom stereocenters. The van der Waals surface area contributed by atoms with Gasteiger partial charge in [0.05, 0.1) is 0 Å². The van der Waals surface area contributed by atoms with Crippen LogP contribution in [-0.4, -0.2) is 6.54 Å². The SMILES string of the molecule is CC(C)CCCN.CCCC(C)C. The Balaban J connectivity index is 0. The fourth-order valence-electron chi connectivity index (χ4n) is 1.10. The lowest BCUT2D eigenvalue weighted by Gasteiger charge is -1.98. The highest BCUT2D eigenvalue weighted by atomic mass is 14.5. The molecular formula is C12H29N. The first-order valence-electron chi connectivity index (χ1n) is 5.74. The van der Waals surface area contributed by atoms with E-state index in [9.17, 15) is 0 Å². The lowest BCUT2D eigenvalue weighted by Crippen LogP contribution is -1.99. The van der Waals surface area contributed by atoms with Crippen LogP contribution in [0.4, 0.5) is 0 Å². The van der Waals surface area contributed by atoms with Gasteiger partial charge in [0, 0.05) is 0 Å². The molecule has 0 heterocycles. The van der Waals surface area contributed by atoms with Crippen molar-refractivity contribution in [1.82, 2.24) is 0 Å². The molecule has 1 heteroatoms. The molecule has 1 nitrogen and oxygen atoms in total. The van der Waals surface area contributed by atoms with Crippen molar-refractivity contribution in [2.24, 2.45) is 17.6 Å². The van der Waals surface area contributed by atoms with E-state index in [1.165, 1.54) is 25.7 Å². The second-order valence-corrected chi connectivity index (χ2v) is 4.51. The highest BCUT2D eigenvalue weighted by molar-refractivity contribution is 4.44. The molecule has 0 aromatic rings. The third-order valence-electron chi connectivity index (χ3n) is 1.85. The Morgan fingerprint density at radius 3 is 1.46 bits per heavy atom. The second-order valence-electron chi connectivity index (χ2n) is 4.51. The summed E-state index contributed by atoms with van der Waals surface area (Å²) in [6, 6.07) is 0. The van der Waals surface area contributed by atoms with Crippen LogP contribution in [0.25, 0.3) is 0 Å². The van der Waals surface area contributed by atoms with Gasteiger partial charge < -0.3 is 5.73 Å². The van der Waals surface area contributed by atoms with Gasteiger partial charge in [-0.1, -0.05) is 47.5 Å². The van der Waals surface area contributed by atoms with Gasteiger partial charge >= 0.3 is 0 Å². The second kappa shape index (κ2) is 12.0. The summed E-state index contributed by atoms with van der Waals surface area (Å²) in [6.45, 7) is 12.0. The molecular weight excluding hydrogens is 158 g/mol. The molecule has 0 amide bonds. The van der Waals surface area contributed by atoms with Crippen LogP contribution < -0.4 is 5.73 Å². The molecule has 0 aliphatic carbocycles. The normalized spacial score (nSPS) is 10.2. The zero-order valence-electron chi connectivity index (χ0n) is 10.3. The first-order valence-corrected chi connectivity index (χ1v) is 5.74. The number of hydrogen-bond donors (Lipinski definition) is 1. The topological polar surface area (TPSA) is 26.0 Å². The van der Waals surface area contributed by atoms with E-state index in [-0.39, 0.29) is 0 Å². The van der Waals surface area contributed by atoms with Crippen molar-refractivity contribution in [3.63, 3.8) is 0 Å². The highest BCUT2D eigenvalue weighted by Gasteiger charge is 1.88. The minimum Gasteiger partial charge on any atom is -0.330 e. The van der Waals surface area contributed by atoms with Crippen LogP contribution in [0.15, 0.2) is 0 Å². The molecule has 13 heavy (non-hydrogen) atoms. The third-order valence-corrected chi connectivity index (χ3v) is 1.85. The van der Waals surface area contributed by atoms with E-state index in [0.717, 1.165) is 18.4 Å². The summed E-state index contributed by atoms with van der Waals surface area (Å²) < 4.78 is 0. The predicted molar refractivity (Wildman–Crippen MR) is 62.9 cm³/mol. The predicted octanol–water partition coefficient (Wildman–Crippen LogP) is 3.82. The summed E-state index contributed by atoms with van der Waals surface area (Å²) in [6.07, 6.45) is 5.16. The van der Waals surface area contributed by atoms with E-state index in [2.05, 4.69) is 34.6 Å². The molecule has 0 bridgehead atoms. The maximum absolute atomic E-state index is 5.28. The molecule has 0 saturated heterocycles. The maximum Gasteiger partial charge on any atom is -0.00772 e. The molecule has 0 aliphatic heterocycles. The lowest BCUT2D eigenvalue weighted by atomic mass is 10.1. The number of hydrogen-bond acceptors (Lipinski definition) is 1. The number of nitrogens with two attached hydrogens (primary N) is 1. The van der Waals surface area contributed by atoms with Gasteiger partial charge in [-0.05, 0) is 31.2 Å². The fraction of sp³-hybridized carbons (Fsp3) is 1.00. The van der Waals surface area contributed by atoms with Gasteiger partial charge in [-0.3, -0.25) is 0 Å². The van der Waals surface area contributed by atoms with E-state index in [1.54, 1.807) is 0 Å². The molecule has 0 unspecified atom stereocenters. The van der Waals surface area contributed by atoms with Crippen molar-refractivity contribution < 1.29 is 0 Å². The van der Waals surface area contributed by atoms with Gasteiger partial charge in [0.2, 0.25) is 0 Å². The van der Waals surface area contributed by atoms with E-state index < -0.39 is 0 Å². The van der Waals surface area contributed by atoms with E-state index >= 15 is 0 Å². The maximum atomic E-state index is 5.28. The quantitative estimate of drug-likeness (QED) is 0.695. The zero-order valence-corrected chi connectivity index (χ0v) is 10.3. The van der Waals surface area contributed by atoms with Crippen molar-refractivity contribution in [2.45, 2.75) is 60.3 Å². The third kappa shape index (κ3) is 24.5. The first kappa shape index (κ1) is 15.4. The molecule has 0 aromatic heterocycles. The molecule has 0 radical (unpaired) electrons. The van der Waals surface area contributed by atoms with Crippen LogP contribution in [0.1, 0.15) is 60.3 Å². The average molecular weight is 187 g/mol. The Kier molecular flexibility index (Phi) is 14.2. The average Bonchev–Trinajstić information content (AvgIpc) is 2.01. The summed E-state index contributed by atoms with van der Waals surface area (Å²) in [4.78, 5) is 0. The number of rotatable bonds is 5. The summed E-state index contributed by atoms with van der Waals surface area (Å²) in [7, 11) is 0. The highest BCUT2D eigenvalue weighted by Crippen LogP contribution is 2.00. The molecule has 0 fully saturated rings. The van der Waals surface area contributed by atoms with E-state index in [0.29, 0.717) is 0 Å². The summed E-state index contributed by atoms with van der Waals surface area (Å²) >= 11 is 0. The first-order chi connectivity index (χ1) is 6.04. The van der Waals surface area contributed by atoms with E-state index in [4.69, 9.17) is 5.73 Å². The van der Waals surface area contributed by atoms with Crippen molar-refractivity contribution in [3.8, 4) is 0 Å². The standard InChI is InChI=1S/C6H15N.C6H14/c1-6(2)4-3-5-7;1-4-5-6(2)3/h6H,3-5,7H2,1-2H3;6H,4-5H2,1-3H3. The van der Waals surface area contributed by atoms with Gasteiger partial charge in [0.1, 0.15) is 0 Å².